The molecule has 0 spiro atoms. The first-order valence-electron chi connectivity index (χ1n) is 10.5. The number of nitrogens with zero attached hydrogens (tertiary/aromatic N) is 2. The van der Waals surface area contributed by atoms with E-state index in [1.807, 2.05) is 30.0 Å². The second-order valence-electron chi connectivity index (χ2n) is 8.18. The second kappa shape index (κ2) is 8.15. The van der Waals surface area contributed by atoms with Gasteiger partial charge >= 0.3 is 0 Å². The summed E-state index contributed by atoms with van der Waals surface area (Å²) in [4.78, 5) is 32.0. The van der Waals surface area contributed by atoms with Gasteiger partial charge in [0.2, 0.25) is 0 Å². The van der Waals surface area contributed by atoms with Crippen LogP contribution in [0.5, 0.6) is 0 Å². The Balaban J connectivity index is 1.76. The van der Waals surface area contributed by atoms with Gasteiger partial charge in [0.05, 0.1) is 5.69 Å². The molecule has 2 aliphatic rings. The lowest BCUT2D eigenvalue weighted by Gasteiger charge is -2.22. The maximum absolute atomic E-state index is 13.5. The Morgan fingerprint density at radius 1 is 1.10 bits per heavy atom. The van der Waals surface area contributed by atoms with Crippen LogP contribution in [0, 0.1) is 13.8 Å². The van der Waals surface area contributed by atoms with Crippen LogP contribution in [0.2, 0.25) is 5.02 Å². The average molecular weight is 471 g/mol. The van der Waals surface area contributed by atoms with Crippen molar-refractivity contribution in [2.24, 2.45) is 0 Å². The Morgan fingerprint density at radius 3 is 2.58 bits per heavy atom. The van der Waals surface area contributed by atoms with E-state index < -0.39 is 0 Å². The molecule has 1 saturated heterocycles. The molecule has 0 saturated carbocycles. The molecule has 1 fully saturated rings. The number of benzene rings is 1. The van der Waals surface area contributed by atoms with Crippen molar-refractivity contribution < 1.29 is 4.79 Å². The quantitative estimate of drug-likeness (QED) is 0.475. The molecule has 1 atom stereocenters. The summed E-state index contributed by atoms with van der Waals surface area (Å²) in [7, 11) is 0. The van der Waals surface area contributed by atoms with Gasteiger partial charge in [-0.05, 0) is 57.0 Å². The molecule has 2 aromatic heterocycles. The highest BCUT2D eigenvalue weighted by Gasteiger charge is 2.32. The smallest absolute Gasteiger partial charge is 0.259 e. The van der Waals surface area contributed by atoms with Crippen molar-refractivity contribution in [3.05, 3.63) is 78.3 Å². The van der Waals surface area contributed by atoms with Gasteiger partial charge in [0.25, 0.3) is 5.91 Å². The number of thiophene rings is 1. The van der Waals surface area contributed by atoms with E-state index in [0.717, 1.165) is 47.9 Å². The molecule has 1 aromatic carbocycles. The number of likely N-dealkylation sites (tertiary alicyclic amines) is 1. The van der Waals surface area contributed by atoms with E-state index in [9.17, 15) is 9.59 Å². The highest BCUT2D eigenvalue weighted by atomic mass is 35.5. The monoisotopic (exact) mass is 470 g/mol. The second-order valence-corrected chi connectivity index (χ2v) is 11.2. The van der Waals surface area contributed by atoms with Crippen LogP contribution in [-0.2, 0) is 6.42 Å². The number of hydrogen-bond donors (Lipinski definition) is 0. The zero-order chi connectivity index (χ0) is 21.7. The van der Waals surface area contributed by atoms with Gasteiger partial charge in [-0.15, -0.1) is 23.1 Å². The highest BCUT2D eigenvalue weighted by molar-refractivity contribution is 7.99. The van der Waals surface area contributed by atoms with E-state index in [4.69, 9.17) is 11.6 Å². The van der Waals surface area contributed by atoms with Gasteiger partial charge in [-0.3, -0.25) is 9.59 Å². The Morgan fingerprint density at radius 2 is 1.87 bits per heavy atom. The van der Waals surface area contributed by atoms with E-state index in [0.29, 0.717) is 17.0 Å². The standard InChI is InChI=1S/C24H23ClN2O2S2/c1-14-11-19(28)23(24(29)26-9-3-4-10-26)18-13-22(20-8-5-15(2)30-20)31-21-12-16(25)6-7-17(21)27(14)18/h5-8,11-12,22H,3-4,9-10,13H2,1-2H3/t22-/m0/s1. The van der Waals surface area contributed by atoms with E-state index in [2.05, 4.69) is 23.6 Å². The molecular weight excluding hydrogens is 448 g/mol. The predicted molar refractivity (Wildman–Crippen MR) is 128 cm³/mol. The summed E-state index contributed by atoms with van der Waals surface area (Å²) in [6, 6.07) is 11.8. The van der Waals surface area contributed by atoms with Gasteiger partial charge < -0.3 is 9.47 Å². The molecule has 31 heavy (non-hydrogen) atoms. The number of fused-ring (bicyclic) bond motifs is 3. The molecule has 0 N–H and O–H groups in total. The molecule has 0 bridgehead atoms. The summed E-state index contributed by atoms with van der Waals surface area (Å²) in [6.45, 7) is 5.49. The average Bonchev–Trinajstić information content (AvgIpc) is 3.37. The number of aryl methyl sites for hydroxylation is 2. The van der Waals surface area contributed by atoms with E-state index in [1.54, 1.807) is 29.2 Å². The lowest BCUT2D eigenvalue weighted by molar-refractivity contribution is 0.0789. The van der Waals surface area contributed by atoms with Crippen molar-refractivity contribution in [3.8, 4) is 5.69 Å². The third-order valence-electron chi connectivity index (χ3n) is 5.99. The topological polar surface area (TPSA) is 42.3 Å². The number of rotatable bonds is 2. The summed E-state index contributed by atoms with van der Waals surface area (Å²) >= 11 is 9.89. The number of amides is 1. The summed E-state index contributed by atoms with van der Waals surface area (Å²) < 4.78 is 2.10. The van der Waals surface area contributed by atoms with Crippen LogP contribution in [0.4, 0.5) is 0 Å². The van der Waals surface area contributed by atoms with Gasteiger partial charge in [-0.25, -0.2) is 0 Å². The van der Waals surface area contributed by atoms with Crippen LogP contribution in [0.25, 0.3) is 5.69 Å². The highest BCUT2D eigenvalue weighted by Crippen LogP contribution is 2.46. The summed E-state index contributed by atoms with van der Waals surface area (Å²) in [5, 5.41) is 0.791. The van der Waals surface area contributed by atoms with Gasteiger partial charge in [-0.1, -0.05) is 11.6 Å². The first-order valence-corrected chi connectivity index (χ1v) is 12.6. The Labute approximate surface area is 194 Å². The third-order valence-corrected chi connectivity index (χ3v) is 8.78. The molecule has 4 nitrogen and oxygen atoms in total. The lowest BCUT2D eigenvalue weighted by Crippen LogP contribution is -2.34. The van der Waals surface area contributed by atoms with Gasteiger partial charge in [0, 0.05) is 61.9 Å². The molecule has 0 aliphatic carbocycles. The van der Waals surface area contributed by atoms with Crippen molar-refractivity contribution in [1.82, 2.24) is 9.47 Å². The fraction of sp³-hybridized carbons (Fsp3) is 0.333. The first kappa shape index (κ1) is 20.9. The first-order chi connectivity index (χ1) is 14.9. The Kier molecular flexibility index (Phi) is 5.49. The van der Waals surface area contributed by atoms with E-state index in [-0.39, 0.29) is 16.6 Å². The number of thioether (sulfide) groups is 1. The summed E-state index contributed by atoms with van der Waals surface area (Å²) in [6.07, 6.45) is 2.60. The molecule has 7 heteroatoms. The van der Waals surface area contributed by atoms with Gasteiger partial charge in [0.15, 0.2) is 5.43 Å². The number of hydrogen-bond acceptors (Lipinski definition) is 4. The third kappa shape index (κ3) is 3.75. The molecule has 0 radical (unpaired) electrons. The summed E-state index contributed by atoms with van der Waals surface area (Å²) in [5.41, 5.74) is 2.78. The molecule has 2 aliphatic heterocycles. The maximum Gasteiger partial charge on any atom is 0.259 e. The minimum Gasteiger partial charge on any atom is -0.338 e. The molecule has 1 amide bonds. The normalized spacial score (nSPS) is 17.9. The van der Waals surface area contributed by atoms with Crippen LogP contribution in [-0.4, -0.2) is 28.5 Å². The minimum absolute atomic E-state index is 0.107. The molecular formula is C24H23ClN2O2S2. The zero-order valence-electron chi connectivity index (χ0n) is 17.5. The largest absolute Gasteiger partial charge is 0.338 e. The molecule has 0 unspecified atom stereocenters. The fourth-order valence-corrected chi connectivity index (χ4v) is 7.15. The summed E-state index contributed by atoms with van der Waals surface area (Å²) in [5.74, 6) is -0.130. The number of carbonyl (C=O) groups excluding carboxylic acids is 1. The lowest BCUT2D eigenvalue weighted by atomic mass is 10.0. The van der Waals surface area contributed by atoms with Crippen LogP contribution in [0.15, 0.2) is 46.1 Å². The van der Waals surface area contributed by atoms with E-state index >= 15 is 0 Å². The Bertz CT molecular complexity index is 1240. The van der Waals surface area contributed by atoms with Crippen molar-refractivity contribution >= 4 is 40.6 Å². The zero-order valence-corrected chi connectivity index (χ0v) is 19.9. The molecule has 160 valence electrons. The number of halogens is 1. The van der Waals surface area contributed by atoms with Gasteiger partial charge in [0.1, 0.15) is 5.56 Å². The number of aromatic nitrogens is 1. The van der Waals surface area contributed by atoms with Gasteiger partial charge in [-0.2, -0.15) is 0 Å². The van der Waals surface area contributed by atoms with Crippen molar-refractivity contribution in [2.75, 3.05) is 13.1 Å². The predicted octanol–water partition coefficient (Wildman–Crippen LogP) is 5.79. The maximum atomic E-state index is 13.5. The van der Waals surface area contributed by atoms with Crippen LogP contribution >= 0.6 is 34.7 Å². The number of carbonyl (C=O) groups is 1. The van der Waals surface area contributed by atoms with Crippen molar-refractivity contribution in [3.63, 3.8) is 0 Å². The molecule has 4 heterocycles. The van der Waals surface area contributed by atoms with Crippen LogP contribution in [0.1, 0.15) is 49.6 Å². The van der Waals surface area contributed by atoms with Crippen LogP contribution < -0.4 is 5.43 Å². The minimum atomic E-state index is -0.177. The van der Waals surface area contributed by atoms with E-state index in [1.165, 1.54) is 9.75 Å². The number of pyridine rings is 1. The fourth-order valence-electron chi connectivity index (χ4n) is 4.55. The van der Waals surface area contributed by atoms with Crippen molar-refractivity contribution in [1.29, 1.82) is 0 Å². The molecule has 3 aromatic rings. The van der Waals surface area contributed by atoms with Crippen molar-refractivity contribution in [2.45, 2.75) is 43.3 Å². The molecule has 5 rings (SSSR count). The van der Waals surface area contributed by atoms with Crippen LogP contribution in [0.3, 0.4) is 0 Å². The Hall–Kier alpha value is -2.02. The SMILES string of the molecule is Cc1ccc([C@@H]2Cc3c(C(=O)N4CCCC4)c(=O)cc(C)n3-c3ccc(Cl)cc3S2)s1.